The van der Waals surface area contributed by atoms with Gasteiger partial charge >= 0.3 is 0 Å². The molecule has 22 heavy (non-hydrogen) atoms. The summed E-state index contributed by atoms with van der Waals surface area (Å²) in [5.41, 5.74) is 6.56. The molecule has 0 amide bonds. The van der Waals surface area contributed by atoms with Gasteiger partial charge in [0.05, 0.1) is 18.0 Å². The molecule has 1 heterocycles. The van der Waals surface area contributed by atoms with Gasteiger partial charge in [0, 0.05) is 6.61 Å². The lowest BCUT2D eigenvalue weighted by Crippen LogP contribution is -2.44. The fourth-order valence-corrected chi connectivity index (χ4v) is 2.60. The standard InChI is InChI=1S/C16H32N4O2/c1-7-8-22-16(6,17)11-15(4,5)9-14-10-20(19-18-14)12-21-13(2)3/h10,13H,7-9,11-12,17H2,1-6H3. The van der Waals surface area contributed by atoms with Crippen molar-refractivity contribution in [3.63, 3.8) is 0 Å². The minimum absolute atomic E-state index is 0.0169. The van der Waals surface area contributed by atoms with Crippen molar-refractivity contribution in [2.24, 2.45) is 11.1 Å². The van der Waals surface area contributed by atoms with Crippen LogP contribution in [0.25, 0.3) is 0 Å². The van der Waals surface area contributed by atoms with Crippen molar-refractivity contribution in [1.82, 2.24) is 15.0 Å². The van der Waals surface area contributed by atoms with Gasteiger partial charge in [0.15, 0.2) is 0 Å². The van der Waals surface area contributed by atoms with Gasteiger partial charge in [-0.1, -0.05) is 26.0 Å². The second kappa shape index (κ2) is 8.04. The summed E-state index contributed by atoms with van der Waals surface area (Å²) in [4.78, 5) is 0. The first-order chi connectivity index (χ1) is 10.1. The van der Waals surface area contributed by atoms with E-state index < -0.39 is 5.72 Å². The van der Waals surface area contributed by atoms with Gasteiger partial charge in [0.25, 0.3) is 0 Å². The van der Waals surface area contributed by atoms with E-state index >= 15 is 0 Å². The molecule has 1 unspecified atom stereocenters. The van der Waals surface area contributed by atoms with Crippen LogP contribution in [0.4, 0.5) is 0 Å². The second-order valence-corrected chi connectivity index (χ2v) is 7.27. The number of nitrogens with zero attached hydrogens (tertiary/aromatic N) is 3. The van der Waals surface area contributed by atoms with E-state index in [2.05, 4.69) is 31.1 Å². The molecular formula is C16H32N4O2. The summed E-state index contributed by atoms with van der Waals surface area (Å²) in [5, 5.41) is 8.32. The van der Waals surface area contributed by atoms with Crippen LogP contribution in [0.3, 0.4) is 0 Å². The molecule has 0 aliphatic carbocycles. The van der Waals surface area contributed by atoms with Crippen molar-refractivity contribution in [3.8, 4) is 0 Å². The second-order valence-electron chi connectivity index (χ2n) is 7.27. The molecular weight excluding hydrogens is 280 g/mol. The Bertz CT molecular complexity index is 441. The molecule has 0 fully saturated rings. The van der Waals surface area contributed by atoms with Crippen LogP contribution in [0, 0.1) is 5.41 Å². The molecule has 0 aromatic carbocycles. The SMILES string of the molecule is CCCOC(C)(N)CC(C)(C)Cc1cn(COC(C)C)nn1. The van der Waals surface area contributed by atoms with Gasteiger partial charge in [-0.15, -0.1) is 5.10 Å². The van der Waals surface area contributed by atoms with Gasteiger partial charge in [0.2, 0.25) is 0 Å². The van der Waals surface area contributed by atoms with Crippen molar-refractivity contribution >= 4 is 0 Å². The lowest BCUT2D eigenvalue weighted by molar-refractivity contribution is -0.0548. The number of rotatable bonds is 10. The van der Waals surface area contributed by atoms with Crippen LogP contribution in [-0.4, -0.2) is 33.4 Å². The maximum atomic E-state index is 6.25. The molecule has 1 rings (SSSR count). The highest BCUT2D eigenvalue weighted by Gasteiger charge is 2.30. The van der Waals surface area contributed by atoms with Gasteiger partial charge in [-0.3, -0.25) is 0 Å². The quantitative estimate of drug-likeness (QED) is 0.672. The van der Waals surface area contributed by atoms with Gasteiger partial charge in [-0.05, 0) is 45.4 Å². The van der Waals surface area contributed by atoms with Gasteiger partial charge in [0.1, 0.15) is 12.5 Å². The molecule has 0 aliphatic heterocycles. The van der Waals surface area contributed by atoms with E-state index in [1.807, 2.05) is 27.0 Å². The summed E-state index contributed by atoms with van der Waals surface area (Å²) in [6.45, 7) is 13.5. The molecule has 0 saturated heterocycles. The van der Waals surface area contributed by atoms with Crippen LogP contribution in [-0.2, 0) is 22.6 Å². The number of hydrogen-bond donors (Lipinski definition) is 1. The average molecular weight is 312 g/mol. The van der Waals surface area contributed by atoms with E-state index in [0.717, 1.165) is 25.0 Å². The summed E-state index contributed by atoms with van der Waals surface area (Å²) in [7, 11) is 0. The molecule has 1 aromatic heterocycles. The molecule has 0 bridgehead atoms. The number of aromatic nitrogens is 3. The fourth-order valence-electron chi connectivity index (χ4n) is 2.60. The topological polar surface area (TPSA) is 75.2 Å². The lowest BCUT2D eigenvalue weighted by atomic mass is 9.81. The van der Waals surface area contributed by atoms with E-state index in [1.54, 1.807) is 4.68 Å². The fraction of sp³-hybridized carbons (Fsp3) is 0.875. The zero-order valence-corrected chi connectivity index (χ0v) is 14.9. The first-order valence-corrected chi connectivity index (χ1v) is 8.07. The number of ether oxygens (including phenoxy) is 2. The minimum atomic E-state index is -0.615. The van der Waals surface area contributed by atoms with Gasteiger partial charge in [-0.2, -0.15) is 0 Å². The third kappa shape index (κ3) is 7.33. The van der Waals surface area contributed by atoms with E-state index in [1.165, 1.54) is 0 Å². The Balaban J connectivity index is 2.56. The van der Waals surface area contributed by atoms with Gasteiger partial charge in [-0.25, -0.2) is 4.68 Å². The van der Waals surface area contributed by atoms with Gasteiger partial charge < -0.3 is 15.2 Å². The van der Waals surface area contributed by atoms with Crippen LogP contribution >= 0.6 is 0 Å². The Hall–Kier alpha value is -0.980. The van der Waals surface area contributed by atoms with Crippen molar-refractivity contribution in [1.29, 1.82) is 0 Å². The van der Waals surface area contributed by atoms with E-state index in [9.17, 15) is 0 Å². The highest BCUT2D eigenvalue weighted by molar-refractivity contribution is 4.98. The first-order valence-electron chi connectivity index (χ1n) is 8.07. The minimum Gasteiger partial charge on any atom is -0.361 e. The first kappa shape index (κ1) is 19.1. The maximum absolute atomic E-state index is 6.25. The Morgan fingerprint density at radius 1 is 1.32 bits per heavy atom. The molecule has 6 heteroatoms. The summed E-state index contributed by atoms with van der Waals surface area (Å²) >= 11 is 0. The normalized spacial score (nSPS) is 15.3. The van der Waals surface area contributed by atoms with Crippen LogP contribution in [0.15, 0.2) is 6.20 Å². The summed E-state index contributed by atoms with van der Waals surface area (Å²) in [6.07, 6.45) is 4.65. The van der Waals surface area contributed by atoms with Crippen molar-refractivity contribution in [2.45, 2.75) is 79.4 Å². The molecule has 1 aromatic rings. The third-order valence-electron chi connectivity index (χ3n) is 3.25. The third-order valence-corrected chi connectivity index (χ3v) is 3.25. The maximum Gasteiger partial charge on any atom is 0.141 e. The number of nitrogens with two attached hydrogens (primary N) is 1. The van der Waals surface area contributed by atoms with E-state index in [0.29, 0.717) is 13.3 Å². The molecule has 1 atom stereocenters. The predicted octanol–water partition coefficient (Wildman–Crippen LogP) is 2.72. The highest BCUT2D eigenvalue weighted by Crippen LogP contribution is 2.30. The Kier molecular flexibility index (Phi) is 6.97. The zero-order chi connectivity index (χ0) is 16.8. The smallest absolute Gasteiger partial charge is 0.141 e. The lowest BCUT2D eigenvalue weighted by Gasteiger charge is -2.34. The Morgan fingerprint density at radius 3 is 2.59 bits per heavy atom. The molecule has 6 nitrogen and oxygen atoms in total. The predicted molar refractivity (Wildman–Crippen MR) is 87.2 cm³/mol. The van der Waals surface area contributed by atoms with Crippen LogP contribution in [0.1, 0.15) is 60.1 Å². The van der Waals surface area contributed by atoms with Crippen LogP contribution in [0.2, 0.25) is 0 Å². The van der Waals surface area contributed by atoms with Crippen LogP contribution < -0.4 is 5.73 Å². The summed E-state index contributed by atoms with van der Waals surface area (Å²) in [6, 6.07) is 0. The van der Waals surface area contributed by atoms with E-state index in [-0.39, 0.29) is 11.5 Å². The molecule has 0 aliphatic rings. The molecule has 0 radical (unpaired) electrons. The average Bonchev–Trinajstić information content (AvgIpc) is 2.79. The summed E-state index contributed by atoms with van der Waals surface area (Å²) < 4.78 is 13.0. The van der Waals surface area contributed by atoms with Crippen LogP contribution in [0.5, 0.6) is 0 Å². The Labute approximate surface area is 134 Å². The monoisotopic (exact) mass is 312 g/mol. The van der Waals surface area contributed by atoms with Crippen molar-refractivity contribution < 1.29 is 9.47 Å². The van der Waals surface area contributed by atoms with Crippen molar-refractivity contribution in [3.05, 3.63) is 11.9 Å². The molecule has 128 valence electrons. The number of hydrogen-bond acceptors (Lipinski definition) is 5. The largest absolute Gasteiger partial charge is 0.361 e. The van der Waals surface area contributed by atoms with E-state index in [4.69, 9.17) is 15.2 Å². The molecule has 0 spiro atoms. The molecule has 0 saturated carbocycles. The zero-order valence-electron chi connectivity index (χ0n) is 14.9. The highest BCUT2D eigenvalue weighted by atomic mass is 16.5. The Morgan fingerprint density at radius 2 is 2.00 bits per heavy atom. The molecule has 2 N–H and O–H groups in total. The van der Waals surface area contributed by atoms with Crippen molar-refractivity contribution in [2.75, 3.05) is 6.61 Å². The summed E-state index contributed by atoms with van der Waals surface area (Å²) in [5.74, 6) is 0.